The quantitative estimate of drug-likeness (QED) is 0.572. The first-order valence-corrected chi connectivity index (χ1v) is 6.20. The van der Waals surface area contributed by atoms with Gasteiger partial charge in [-0.2, -0.15) is 0 Å². The van der Waals surface area contributed by atoms with Gasteiger partial charge in [0, 0.05) is 18.1 Å². The Morgan fingerprint density at radius 2 is 1.71 bits per heavy atom. The molecule has 0 N–H and O–H groups in total. The van der Waals surface area contributed by atoms with Crippen molar-refractivity contribution in [1.29, 1.82) is 0 Å². The molecule has 1 atom stereocenters. The predicted molar refractivity (Wildman–Crippen MR) is 61.4 cm³/mol. The van der Waals surface area contributed by atoms with Gasteiger partial charge in [0.05, 0.1) is 0 Å². The second-order valence-corrected chi connectivity index (χ2v) is 6.56. The average Bonchev–Trinajstić information content (AvgIpc) is 2.59. The first kappa shape index (κ1) is 10.5. The van der Waals surface area contributed by atoms with E-state index in [1.54, 1.807) is 0 Å². The number of rotatable bonds is 0. The molecule has 0 radical (unpaired) electrons. The van der Waals surface area contributed by atoms with Crippen LogP contribution in [0.15, 0.2) is 0 Å². The molecule has 2 fully saturated rings. The summed E-state index contributed by atoms with van der Waals surface area (Å²) in [5.41, 5.74) is 1.08. The summed E-state index contributed by atoms with van der Waals surface area (Å²) in [6, 6.07) is 0.799. The zero-order valence-corrected chi connectivity index (χ0v) is 10.3. The van der Waals surface area contributed by atoms with Gasteiger partial charge in [-0.25, -0.2) is 0 Å². The largest absolute Gasteiger partial charge is 0.295 e. The summed E-state index contributed by atoms with van der Waals surface area (Å²) < 4.78 is 0. The van der Waals surface area contributed by atoms with Gasteiger partial charge < -0.3 is 0 Å². The predicted octanol–water partition coefficient (Wildman–Crippen LogP) is 3.44. The SMILES string of the molecule is C[C@@H]1CC2(CCCC2)CN1C(C)(C)C. The van der Waals surface area contributed by atoms with Crippen LogP contribution in [0.3, 0.4) is 0 Å². The molecule has 82 valence electrons. The third-order valence-corrected chi connectivity index (χ3v) is 4.29. The standard InChI is InChI=1S/C13H25N/c1-11-9-13(7-5-6-8-13)10-14(11)12(2,3)4/h11H,5-10H2,1-4H3/t11-/m1/s1. The fraction of sp³-hybridized carbons (Fsp3) is 1.00. The number of likely N-dealkylation sites (tertiary alicyclic amines) is 1. The van der Waals surface area contributed by atoms with Crippen LogP contribution in [0.4, 0.5) is 0 Å². The molecule has 14 heavy (non-hydrogen) atoms. The van der Waals surface area contributed by atoms with Crippen molar-refractivity contribution in [2.24, 2.45) is 5.41 Å². The molecule has 1 nitrogen and oxygen atoms in total. The molecule has 0 bridgehead atoms. The van der Waals surface area contributed by atoms with E-state index in [9.17, 15) is 0 Å². The monoisotopic (exact) mass is 195 g/mol. The minimum absolute atomic E-state index is 0.367. The van der Waals surface area contributed by atoms with E-state index in [1.165, 1.54) is 38.6 Å². The second kappa shape index (κ2) is 3.23. The Morgan fingerprint density at radius 3 is 2.14 bits per heavy atom. The van der Waals surface area contributed by atoms with Crippen molar-refractivity contribution in [2.45, 2.75) is 71.4 Å². The van der Waals surface area contributed by atoms with Crippen molar-refractivity contribution < 1.29 is 0 Å². The van der Waals surface area contributed by atoms with Crippen LogP contribution in [-0.4, -0.2) is 23.0 Å². The molecule has 2 aliphatic rings. The molecule has 1 heteroatoms. The van der Waals surface area contributed by atoms with Crippen molar-refractivity contribution in [2.75, 3.05) is 6.54 Å². The first-order valence-electron chi connectivity index (χ1n) is 6.20. The molecule has 0 aromatic heterocycles. The van der Waals surface area contributed by atoms with Crippen molar-refractivity contribution in [3.05, 3.63) is 0 Å². The summed E-state index contributed by atoms with van der Waals surface area (Å²) >= 11 is 0. The lowest BCUT2D eigenvalue weighted by Gasteiger charge is -2.36. The zero-order valence-electron chi connectivity index (χ0n) is 10.3. The maximum absolute atomic E-state index is 2.72. The van der Waals surface area contributed by atoms with Crippen LogP contribution in [0.25, 0.3) is 0 Å². The summed E-state index contributed by atoms with van der Waals surface area (Å²) in [4.78, 5) is 2.72. The molecule has 0 amide bonds. The smallest absolute Gasteiger partial charge is 0.0128 e. The normalized spacial score (nSPS) is 33.0. The van der Waals surface area contributed by atoms with Crippen LogP contribution in [0, 0.1) is 5.41 Å². The van der Waals surface area contributed by atoms with E-state index < -0.39 is 0 Å². The summed E-state index contributed by atoms with van der Waals surface area (Å²) in [6.45, 7) is 10.8. The summed E-state index contributed by atoms with van der Waals surface area (Å²) in [7, 11) is 0. The minimum Gasteiger partial charge on any atom is -0.295 e. The zero-order chi connectivity index (χ0) is 10.4. The average molecular weight is 195 g/mol. The molecular weight excluding hydrogens is 170 g/mol. The molecule has 1 aliphatic carbocycles. The number of nitrogens with zero attached hydrogens (tertiary/aromatic N) is 1. The van der Waals surface area contributed by atoms with Crippen molar-refractivity contribution >= 4 is 0 Å². The minimum atomic E-state index is 0.367. The van der Waals surface area contributed by atoms with E-state index in [2.05, 4.69) is 32.6 Å². The molecule has 1 saturated carbocycles. The van der Waals surface area contributed by atoms with Gasteiger partial charge in [0.1, 0.15) is 0 Å². The van der Waals surface area contributed by atoms with Crippen LogP contribution >= 0.6 is 0 Å². The van der Waals surface area contributed by atoms with Crippen molar-refractivity contribution in [3.63, 3.8) is 0 Å². The third kappa shape index (κ3) is 1.71. The summed E-state index contributed by atoms with van der Waals surface area (Å²) in [6.07, 6.45) is 7.38. The van der Waals surface area contributed by atoms with Crippen LogP contribution in [0.5, 0.6) is 0 Å². The topological polar surface area (TPSA) is 3.24 Å². The Bertz CT molecular complexity index is 208. The van der Waals surface area contributed by atoms with Crippen molar-refractivity contribution in [3.8, 4) is 0 Å². The van der Waals surface area contributed by atoms with E-state index in [0.717, 1.165) is 6.04 Å². The highest BCUT2D eigenvalue weighted by atomic mass is 15.2. The Hall–Kier alpha value is -0.0400. The molecule has 1 aliphatic heterocycles. The molecule has 1 saturated heterocycles. The van der Waals surface area contributed by atoms with Gasteiger partial charge in [-0.1, -0.05) is 12.8 Å². The fourth-order valence-electron chi connectivity index (χ4n) is 3.70. The summed E-state index contributed by atoms with van der Waals surface area (Å²) in [5.74, 6) is 0. The van der Waals surface area contributed by atoms with E-state index in [1.807, 2.05) is 0 Å². The van der Waals surface area contributed by atoms with E-state index >= 15 is 0 Å². The fourth-order valence-corrected chi connectivity index (χ4v) is 3.70. The van der Waals surface area contributed by atoms with Gasteiger partial charge in [-0.15, -0.1) is 0 Å². The van der Waals surface area contributed by atoms with Crippen LogP contribution in [-0.2, 0) is 0 Å². The molecule has 0 aromatic carbocycles. The van der Waals surface area contributed by atoms with Crippen molar-refractivity contribution in [1.82, 2.24) is 4.90 Å². The Balaban J connectivity index is 2.10. The lowest BCUT2D eigenvalue weighted by molar-refractivity contribution is 0.118. The molecule has 2 rings (SSSR count). The first-order chi connectivity index (χ1) is 6.43. The highest BCUT2D eigenvalue weighted by Gasteiger charge is 2.46. The number of hydrogen-bond acceptors (Lipinski definition) is 1. The van der Waals surface area contributed by atoms with Crippen LogP contribution < -0.4 is 0 Å². The van der Waals surface area contributed by atoms with E-state index in [-0.39, 0.29) is 0 Å². The Kier molecular flexibility index (Phi) is 2.42. The highest BCUT2D eigenvalue weighted by Crippen LogP contribution is 2.49. The Morgan fingerprint density at radius 1 is 1.14 bits per heavy atom. The van der Waals surface area contributed by atoms with Gasteiger partial charge in [0.15, 0.2) is 0 Å². The molecule has 1 heterocycles. The lowest BCUT2D eigenvalue weighted by atomic mass is 9.84. The molecule has 0 aromatic rings. The molecule has 0 unspecified atom stereocenters. The Labute approximate surface area is 88.9 Å². The maximum Gasteiger partial charge on any atom is 0.0128 e. The van der Waals surface area contributed by atoms with Crippen LogP contribution in [0.2, 0.25) is 0 Å². The maximum atomic E-state index is 2.72. The van der Waals surface area contributed by atoms with E-state index in [0.29, 0.717) is 11.0 Å². The number of hydrogen-bond donors (Lipinski definition) is 0. The lowest BCUT2D eigenvalue weighted by Crippen LogP contribution is -2.44. The van der Waals surface area contributed by atoms with E-state index in [4.69, 9.17) is 0 Å². The highest BCUT2D eigenvalue weighted by molar-refractivity contribution is 5.00. The van der Waals surface area contributed by atoms with Gasteiger partial charge in [-0.3, -0.25) is 4.90 Å². The second-order valence-electron chi connectivity index (χ2n) is 6.56. The summed E-state index contributed by atoms with van der Waals surface area (Å²) in [5, 5.41) is 0. The van der Waals surface area contributed by atoms with Gasteiger partial charge in [-0.05, 0) is 52.4 Å². The molecular formula is C13H25N. The van der Waals surface area contributed by atoms with Gasteiger partial charge in [0.25, 0.3) is 0 Å². The molecule has 1 spiro atoms. The van der Waals surface area contributed by atoms with Gasteiger partial charge >= 0.3 is 0 Å². The van der Waals surface area contributed by atoms with Crippen LogP contribution in [0.1, 0.15) is 59.8 Å². The van der Waals surface area contributed by atoms with Gasteiger partial charge in [0.2, 0.25) is 0 Å². The third-order valence-electron chi connectivity index (χ3n) is 4.29.